The fraction of sp³-hybridized carbons (Fsp3) is 0.231. The third kappa shape index (κ3) is 3.65. The smallest absolute Gasteiger partial charge is 0.239 e. The van der Waals surface area contributed by atoms with Crippen molar-refractivity contribution in [1.29, 1.82) is 0 Å². The van der Waals surface area contributed by atoms with Crippen LogP contribution in [0.2, 0.25) is 0 Å². The summed E-state index contributed by atoms with van der Waals surface area (Å²) in [5, 5.41) is 3.22. The Hall–Kier alpha value is -1.66. The Kier molecular flexibility index (Phi) is 4.70. The highest BCUT2D eigenvalue weighted by molar-refractivity contribution is 9.10. The van der Waals surface area contributed by atoms with Gasteiger partial charge in [-0.05, 0) is 40.0 Å². The number of nitrogen functional groups attached to an aromatic ring is 1. The average Bonchev–Trinajstić information content (AvgIpc) is 2.44. The fourth-order valence-electron chi connectivity index (χ4n) is 1.70. The molecule has 0 bridgehead atoms. The molecule has 0 aliphatic carbocycles. The van der Waals surface area contributed by atoms with Crippen LogP contribution in [-0.2, 0) is 6.42 Å². The summed E-state index contributed by atoms with van der Waals surface area (Å²) in [5.74, 6) is 6.34. The minimum absolute atomic E-state index is 0.369. The van der Waals surface area contributed by atoms with Gasteiger partial charge in [-0.15, -0.1) is 0 Å². The van der Waals surface area contributed by atoms with Gasteiger partial charge in [0.05, 0.1) is 4.47 Å². The standard InChI is InChI=1S/C13H16BrN5/c1-2-3-9-4-6-10(7-5-9)17-12-11(14)8-16-13(18-12)19-15/h4-8H,2-3,15H2,1H3,(H2,16,17,18,19). The molecule has 19 heavy (non-hydrogen) atoms. The van der Waals surface area contributed by atoms with Gasteiger partial charge >= 0.3 is 0 Å². The first kappa shape index (κ1) is 13.8. The number of benzene rings is 1. The van der Waals surface area contributed by atoms with Crippen LogP contribution in [-0.4, -0.2) is 9.97 Å². The second-order valence-electron chi connectivity index (χ2n) is 4.11. The maximum Gasteiger partial charge on any atom is 0.239 e. The second kappa shape index (κ2) is 6.49. The monoisotopic (exact) mass is 321 g/mol. The summed E-state index contributed by atoms with van der Waals surface area (Å²) in [6.45, 7) is 2.17. The number of hydrazine groups is 1. The lowest BCUT2D eigenvalue weighted by molar-refractivity contribution is 0.922. The van der Waals surface area contributed by atoms with Crippen LogP contribution in [0.1, 0.15) is 18.9 Å². The Bertz CT molecular complexity index is 541. The molecule has 0 fully saturated rings. The molecule has 2 aromatic rings. The van der Waals surface area contributed by atoms with Crippen molar-refractivity contribution in [3.8, 4) is 0 Å². The molecule has 1 aromatic carbocycles. The normalized spacial score (nSPS) is 10.3. The van der Waals surface area contributed by atoms with E-state index in [1.165, 1.54) is 5.56 Å². The first-order chi connectivity index (χ1) is 9.22. The zero-order valence-corrected chi connectivity index (χ0v) is 12.2. The summed E-state index contributed by atoms with van der Waals surface area (Å²) in [6.07, 6.45) is 3.89. The van der Waals surface area contributed by atoms with Crippen LogP contribution >= 0.6 is 15.9 Å². The van der Waals surface area contributed by atoms with E-state index in [1.807, 2.05) is 12.1 Å². The van der Waals surface area contributed by atoms with E-state index in [9.17, 15) is 0 Å². The molecule has 1 heterocycles. The summed E-state index contributed by atoms with van der Waals surface area (Å²) in [4.78, 5) is 8.24. The van der Waals surface area contributed by atoms with Crippen LogP contribution in [0.15, 0.2) is 34.9 Å². The summed E-state index contributed by atoms with van der Waals surface area (Å²) in [6, 6.07) is 8.30. The van der Waals surface area contributed by atoms with Crippen molar-refractivity contribution in [3.63, 3.8) is 0 Å². The molecular weight excluding hydrogens is 306 g/mol. The molecule has 0 unspecified atom stereocenters. The quantitative estimate of drug-likeness (QED) is 0.582. The lowest BCUT2D eigenvalue weighted by atomic mass is 10.1. The van der Waals surface area contributed by atoms with Gasteiger partial charge in [0.25, 0.3) is 0 Å². The fourth-order valence-corrected chi connectivity index (χ4v) is 1.99. The minimum Gasteiger partial charge on any atom is -0.339 e. The number of nitrogens with one attached hydrogen (secondary N) is 2. The molecule has 0 aliphatic rings. The molecular formula is C13H16BrN5. The Morgan fingerprint density at radius 2 is 2.00 bits per heavy atom. The Labute approximate surface area is 120 Å². The molecule has 2 rings (SSSR count). The van der Waals surface area contributed by atoms with Crippen molar-refractivity contribution >= 4 is 33.4 Å². The largest absolute Gasteiger partial charge is 0.339 e. The van der Waals surface area contributed by atoms with E-state index in [4.69, 9.17) is 5.84 Å². The zero-order valence-electron chi connectivity index (χ0n) is 10.7. The van der Waals surface area contributed by atoms with Gasteiger partial charge in [0.2, 0.25) is 5.95 Å². The van der Waals surface area contributed by atoms with Gasteiger partial charge in [-0.25, -0.2) is 10.8 Å². The molecule has 5 nitrogen and oxygen atoms in total. The maximum atomic E-state index is 5.30. The Morgan fingerprint density at radius 1 is 1.26 bits per heavy atom. The number of hydrogen-bond acceptors (Lipinski definition) is 5. The molecule has 0 saturated heterocycles. The second-order valence-corrected chi connectivity index (χ2v) is 4.96. The Balaban J connectivity index is 2.16. The topological polar surface area (TPSA) is 75.9 Å². The van der Waals surface area contributed by atoms with Crippen molar-refractivity contribution in [2.75, 3.05) is 10.7 Å². The van der Waals surface area contributed by atoms with Gasteiger partial charge < -0.3 is 5.32 Å². The number of halogens is 1. The number of nitrogens with zero attached hydrogens (tertiary/aromatic N) is 2. The van der Waals surface area contributed by atoms with Crippen molar-refractivity contribution in [3.05, 3.63) is 40.5 Å². The summed E-state index contributed by atoms with van der Waals surface area (Å²) in [5.41, 5.74) is 4.73. The van der Waals surface area contributed by atoms with Crippen LogP contribution in [0, 0.1) is 0 Å². The number of aromatic nitrogens is 2. The van der Waals surface area contributed by atoms with Crippen LogP contribution in [0.3, 0.4) is 0 Å². The average molecular weight is 322 g/mol. The lowest BCUT2D eigenvalue weighted by Gasteiger charge is -2.09. The number of aryl methyl sites for hydroxylation is 1. The number of anilines is 3. The Morgan fingerprint density at radius 3 is 2.63 bits per heavy atom. The van der Waals surface area contributed by atoms with Crippen LogP contribution in [0.4, 0.5) is 17.5 Å². The van der Waals surface area contributed by atoms with E-state index in [2.05, 4.69) is 55.7 Å². The number of nitrogens with two attached hydrogens (primary N) is 1. The molecule has 4 N–H and O–H groups in total. The van der Waals surface area contributed by atoms with E-state index in [-0.39, 0.29) is 0 Å². The molecule has 0 radical (unpaired) electrons. The highest BCUT2D eigenvalue weighted by atomic mass is 79.9. The molecule has 0 saturated carbocycles. The van der Waals surface area contributed by atoms with Gasteiger partial charge in [0.1, 0.15) is 5.82 Å². The number of hydrogen-bond donors (Lipinski definition) is 3. The highest BCUT2D eigenvalue weighted by Gasteiger charge is 2.04. The molecule has 1 aromatic heterocycles. The van der Waals surface area contributed by atoms with Gasteiger partial charge in [-0.2, -0.15) is 4.98 Å². The summed E-state index contributed by atoms with van der Waals surface area (Å²) in [7, 11) is 0. The number of rotatable bonds is 5. The zero-order chi connectivity index (χ0) is 13.7. The van der Waals surface area contributed by atoms with Gasteiger partial charge in [-0.1, -0.05) is 25.5 Å². The van der Waals surface area contributed by atoms with Crippen molar-refractivity contribution < 1.29 is 0 Å². The van der Waals surface area contributed by atoms with E-state index in [1.54, 1.807) is 6.20 Å². The van der Waals surface area contributed by atoms with Crippen molar-refractivity contribution in [1.82, 2.24) is 9.97 Å². The predicted octanol–water partition coefficient (Wildman–Crippen LogP) is 3.22. The van der Waals surface area contributed by atoms with Gasteiger partial charge in [-0.3, -0.25) is 5.43 Å². The van der Waals surface area contributed by atoms with E-state index >= 15 is 0 Å². The van der Waals surface area contributed by atoms with Gasteiger partial charge in [0.15, 0.2) is 0 Å². The van der Waals surface area contributed by atoms with Crippen molar-refractivity contribution in [2.24, 2.45) is 5.84 Å². The third-order valence-corrected chi connectivity index (χ3v) is 3.21. The maximum absolute atomic E-state index is 5.30. The highest BCUT2D eigenvalue weighted by Crippen LogP contribution is 2.24. The van der Waals surface area contributed by atoms with Crippen LogP contribution in [0.5, 0.6) is 0 Å². The first-order valence-electron chi connectivity index (χ1n) is 6.08. The molecule has 0 amide bonds. The predicted molar refractivity (Wildman–Crippen MR) is 81.3 cm³/mol. The SMILES string of the molecule is CCCc1ccc(Nc2nc(NN)ncc2Br)cc1. The first-order valence-corrected chi connectivity index (χ1v) is 6.87. The summed E-state index contributed by atoms with van der Waals surface area (Å²) < 4.78 is 0.782. The van der Waals surface area contributed by atoms with Crippen LogP contribution in [0.25, 0.3) is 0 Å². The van der Waals surface area contributed by atoms with Gasteiger partial charge in [0, 0.05) is 11.9 Å². The van der Waals surface area contributed by atoms with Crippen molar-refractivity contribution in [2.45, 2.75) is 19.8 Å². The minimum atomic E-state index is 0.369. The molecule has 100 valence electrons. The summed E-state index contributed by atoms with van der Waals surface area (Å²) >= 11 is 3.40. The molecule has 0 atom stereocenters. The lowest BCUT2D eigenvalue weighted by Crippen LogP contribution is -2.11. The third-order valence-electron chi connectivity index (χ3n) is 2.63. The molecule has 0 aliphatic heterocycles. The van der Waals surface area contributed by atoms with Crippen LogP contribution < -0.4 is 16.6 Å². The van der Waals surface area contributed by atoms with E-state index in [0.717, 1.165) is 23.0 Å². The molecule has 0 spiro atoms. The van der Waals surface area contributed by atoms with E-state index < -0.39 is 0 Å². The molecule has 6 heteroatoms. The van der Waals surface area contributed by atoms with E-state index in [0.29, 0.717) is 11.8 Å².